The second kappa shape index (κ2) is 13.0. The van der Waals surface area contributed by atoms with Gasteiger partial charge in [0, 0.05) is 42.1 Å². The minimum atomic E-state index is -0.202. The Morgan fingerprint density at radius 3 is 2.49 bits per heavy atom. The third-order valence-electron chi connectivity index (χ3n) is 8.03. The van der Waals surface area contributed by atoms with E-state index in [1.54, 1.807) is 6.20 Å². The van der Waals surface area contributed by atoms with Gasteiger partial charge in [0.2, 0.25) is 5.91 Å². The number of H-pyrrole nitrogens is 1. The van der Waals surface area contributed by atoms with E-state index >= 15 is 0 Å². The zero-order valence-electron chi connectivity index (χ0n) is 24.1. The molecule has 3 heterocycles. The van der Waals surface area contributed by atoms with Gasteiger partial charge in [-0.25, -0.2) is 4.98 Å². The molecule has 0 aliphatic carbocycles. The lowest BCUT2D eigenvalue weighted by Gasteiger charge is -2.32. The number of rotatable bonds is 9. The van der Waals surface area contributed by atoms with Crippen molar-refractivity contribution in [3.05, 3.63) is 131 Å². The number of amides is 1. The maximum Gasteiger partial charge on any atom is 0.257 e. The Morgan fingerprint density at radius 1 is 0.930 bits per heavy atom. The van der Waals surface area contributed by atoms with Crippen LogP contribution in [0.3, 0.4) is 0 Å². The van der Waals surface area contributed by atoms with Gasteiger partial charge in [0.25, 0.3) is 5.56 Å². The highest BCUT2D eigenvalue weighted by molar-refractivity contribution is 5.98. The lowest BCUT2D eigenvalue weighted by molar-refractivity contribution is -0.111. The maximum atomic E-state index is 12.5. The van der Waals surface area contributed by atoms with Gasteiger partial charge < -0.3 is 15.6 Å². The summed E-state index contributed by atoms with van der Waals surface area (Å²) in [4.78, 5) is 34.3. The number of aromatic nitrogens is 2. The van der Waals surface area contributed by atoms with Crippen LogP contribution in [0.15, 0.2) is 115 Å². The third-order valence-corrected chi connectivity index (χ3v) is 8.03. The lowest BCUT2D eigenvalue weighted by atomic mass is 9.97. The molecule has 0 saturated carbocycles. The zero-order valence-corrected chi connectivity index (χ0v) is 24.1. The number of piperidine rings is 1. The predicted molar refractivity (Wildman–Crippen MR) is 174 cm³/mol. The molecule has 1 saturated heterocycles. The summed E-state index contributed by atoms with van der Waals surface area (Å²) in [6, 6.07) is 31.0. The minimum absolute atomic E-state index is 0.133. The number of anilines is 1. The second-order valence-electron chi connectivity index (χ2n) is 11.0. The number of likely N-dealkylation sites (tertiary alicyclic amines) is 1. The summed E-state index contributed by atoms with van der Waals surface area (Å²) in [5.74, 6) is -0.202. The van der Waals surface area contributed by atoms with E-state index in [4.69, 9.17) is 4.98 Å². The number of fused-ring (bicyclic) bond motifs is 1. The van der Waals surface area contributed by atoms with Crippen LogP contribution in [0.1, 0.15) is 24.0 Å². The quantitative estimate of drug-likeness (QED) is 0.186. The maximum absolute atomic E-state index is 12.5. The molecule has 0 bridgehead atoms. The van der Waals surface area contributed by atoms with Gasteiger partial charge in [-0.2, -0.15) is 0 Å². The standard InChI is InChI=1S/C36H35N5O2/c1-2-34(42)39-30-10-6-7-26(21-30)23-38-29-16-19-41(20-17-29)24-25-11-13-28(14-12-25)35-31(27-8-4-3-5-9-27)22-32-33(40-35)15-18-37-36(32)43/h2-15,18,21-22,29,38H,1,16-17,19-20,23-24H2,(H,37,43)(H,39,42). The number of nitrogens with zero attached hydrogens (tertiary/aromatic N) is 2. The summed E-state index contributed by atoms with van der Waals surface area (Å²) in [5.41, 5.74) is 7.63. The lowest BCUT2D eigenvalue weighted by Crippen LogP contribution is -2.41. The van der Waals surface area contributed by atoms with Gasteiger partial charge in [0.1, 0.15) is 0 Å². The molecule has 0 atom stereocenters. The summed E-state index contributed by atoms with van der Waals surface area (Å²) in [6.07, 6.45) is 5.10. The number of hydrogen-bond donors (Lipinski definition) is 3. The molecule has 3 N–H and O–H groups in total. The Hall–Kier alpha value is -4.85. The molecule has 3 aromatic carbocycles. The van der Waals surface area contributed by atoms with Crippen LogP contribution in [-0.2, 0) is 17.9 Å². The number of aromatic amines is 1. The van der Waals surface area contributed by atoms with Crippen molar-refractivity contribution in [3.63, 3.8) is 0 Å². The van der Waals surface area contributed by atoms with E-state index in [9.17, 15) is 9.59 Å². The molecule has 7 heteroatoms. The zero-order chi connectivity index (χ0) is 29.6. The minimum Gasteiger partial charge on any atom is -0.328 e. The highest BCUT2D eigenvalue weighted by Crippen LogP contribution is 2.33. The molecule has 43 heavy (non-hydrogen) atoms. The van der Waals surface area contributed by atoms with E-state index in [1.165, 1.54) is 11.6 Å². The van der Waals surface area contributed by atoms with Crippen molar-refractivity contribution in [2.75, 3.05) is 18.4 Å². The van der Waals surface area contributed by atoms with Crippen molar-refractivity contribution in [2.45, 2.75) is 32.0 Å². The fourth-order valence-electron chi connectivity index (χ4n) is 5.70. The first-order chi connectivity index (χ1) is 21.1. The summed E-state index contributed by atoms with van der Waals surface area (Å²) in [7, 11) is 0. The normalized spacial score (nSPS) is 14.0. The summed E-state index contributed by atoms with van der Waals surface area (Å²) in [5, 5.41) is 7.10. The molecular formula is C36H35N5O2. The van der Waals surface area contributed by atoms with E-state index in [0.717, 1.165) is 72.7 Å². The second-order valence-corrected chi connectivity index (χ2v) is 11.0. The van der Waals surface area contributed by atoms with Gasteiger partial charge in [-0.15, -0.1) is 0 Å². The van der Waals surface area contributed by atoms with Crippen molar-refractivity contribution >= 4 is 22.5 Å². The number of carbonyl (C=O) groups is 1. The Kier molecular flexibility index (Phi) is 8.54. The molecule has 0 unspecified atom stereocenters. The Labute approximate surface area is 251 Å². The SMILES string of the molecule is C=CC(=O)Nc1cccc(CNC2CCN(Cc3ccc(-c4nc5cc[nH]c(=O)c5cc4-c4ccccc4)cc3)CC2)c1. The van der Waals surface area contributed by atoms with Gasteiger partial charge in [-0.05, 0) is 73.0 Å². The number of nitrogens with one attached hydrogen (secondary N) is 3. The fraction of sp³-hybridized carbons (Fsp3) is 0.194. The first-order valence-corrected chi connectivity index (χ1v) is 14.7. The molecule has 1 fully saturated rings. The summed E-state index contributed by atoms with van der Waals surface area (Å²) in [6.45, 7) is 7.26. The first-order valence-electron chi connectivity index (χ1n) is 14.7. The predicted octanol–water partition coefficient (Wildman–Crippen LogP) is 6.14. The Morgan fingerprint density at radius 2 is 1.72 bits per heavy atom. The highest BCUT2D eigenvalue weighted by Gasteiger charge is 2.19. The van der Waals surface area contributed by atoms with Crippen LogP contribution in [0.5, 0.6) is 0 Å². The molecule has 1 aliphatic rings. The molecule has 5 aromatic rings. The molecule has 0 spiro atoms. The van der Waals surface area contributed by atoms with E-state index in [-0.39, 0.29) is 11.5 Å². The Balaban J connectivity index is 1.08. The number of pyridine rings is 2. The summed E-state index contributed by atoms with van der Waals surface area (Å²) >= 11 is 0. The molecular weight excluding hydrogens is 534 g/mol. The van der Waals surface area contributed by atoms with E-state index < -0.39 is 0 Å². The molecule has 2 aromatic heterocycles. The van der Waals surface area contributed by atoms with Gasteiger partial charge >= 0.3 is 0 Å². The van der Waals surface area contributed by atoms with Crippen molar-refractivity contribution in [2.24, 2.45) is 0 Å². The van der Waals surface area contributed by atoms with Crippen LogP contribution in [0, 0.1) is 0 Å². The van der Waals surface area contributed by atoms with Crippen LogP contribution < -0.4 is 16.2 Å². The number of benzene rings is 3. The van der Waals surface area contributed by atoms with Gasteiger partial charge in [-0.3, -0.25) is 14.5 Å². The summed E-state index contributed by atoms with van der Waals surface area (Å²) < 4.78 is 0. The third kappa shape index (κ3) is 6.80. The van der Waals surface area contributed by atoms with E-state index in [1.807, 2.05) is 48.5 Å². The average molecular weight is 570 g/mol. The highest BCUT2D eigenvalue weighted by atomic mass is 16.1. The largest absolute Gasteiger partial charge is 0.328 e. The van der Waals surface area contributed by atoms with E-state index in [0.29, 0.717) is 16.9 Å². The first kappa shape index (κ1) is 28.3. The monoisotopic (exact) mass is 569 g/mol. The van der Waals surface area contributed by atoms with Crippen LogP contribution in [0.25, 0.3) is 33.3 Å². The molecule has 1 aliphatic heterocycles. The fourth-order valence-corrected chi connectivity index (χ4v) is 5.70. The van der Waals surface area contributed by atoms with Crippen molar-refractivity contribution in [1.29, 1.82) is 0 Å². The van der Waals surface area contributed by atoms with Crippen LogP contribution >= 0.6 is 0 Å². The van der Waals surface area contributed by atoms with E-state index in [2.05, 4.69) is 69.6 Å². The molecule has 7 nitrogen and oxygen atoms in total. The number of carbonyl (C=O) groups excluding carboxylic acids is 1. The number of hydrogen-bond acceptors (Lipinski definition) is 5. The van der Waals surface area contributed by atoms with Gasteiger partial charge in [-0.1, -0.05) is 73.3 Å². The average Bonchev–Trinajstić information content (AvgIpc) is 3.05. The van der Waals surface area contributed by atoms with Gasteiger partial charge in [0.05, 0.1) is 16.6 Å². The van der Waals surface area contributed by atoms with Crippen LogP contribution in [0.4, 0.5) is 5.69 Å². The van der Waals surface area contributed by atoms with Crippen molar-refractivity contribution in [3.8, 4) is 22.4 Å². The van der Waals surface area contributed by atoms with Gasteiger partial charge in [0.15, 0.2) is 0 Å². The van der Waals surface area contributed by atoms with Crippen LogP contribution in [-0.4, -0.2) is 39.9 Å². The molecule has 6 rings (SSSR count). The molecule has 1 amide bonds. The van der Waals surface area contributed by atoms with Crippen molar-refractivity contribution < 1.29 is 4.79 Å². The molecule has 0 radical (unpaired) electrons. The topological polar surface area (TPSA) is 90.1 Å². The van der Waals surface area contributed by atoms with Crippen molar-refractivity contribution in [1.82, 2.24) is 20.2 Å². The molecule has 216 valence electrons. The smallest absolute Gasteiger partial charge is 0.257 e. The Bertz CT molecular complexity index is 1790. The van der Waals surface area contributed by atoms with Crippen LogP contribution in [0.2, 0.25) is 0 Å².